The van der Waals surface area contributed by atoms with E-state index >= 15 is 0 Å². The third-order valence-corrected chi connectivity index (χ3v) is 5.82. The summed E-state index contributed by atoms with van der Waals surface area (Å²) in [6.45, 7) is 4.08. The SMILES string of the molecule is CC1Cc2cc(C#N)ccc2CN1Cc1cccc(-c2nc3ccccc3[nH]2)c1. The number of aromatic amines is 1. The first-order valence-corrected chi connectivity index (χ1v) is 9.99. The summed E-state index contributed by atoms with van der Waals surface area (Å²) in [5.74, 6) is 0.911. The quantitative estimate of drug-likeness (QED) is 0.543. The third kappa shape index (κ3) is 3.41. The fourth-order valence-electron chi connectivity index (χ4n) is 4.21. The summed E-state index contributed by atoms with van der Waals surface area (Å²) < 4.78 is 0. The highest BCUT2D eigenvalue weighted by Gasteiger charge is 2.23. The van der Waals surface area contributed by atoms with Crippen molar-refractivity contribution in [1.29, 1.82) is 5.26 Å². The van der Waals surface area contributed by atoms with Crippen molar-refractivity contribution in [3.63, 3.8) is 0 Å². The van der Waals surface area contributed by atoms with Crippen molar-refractivity contribution in [2.45, 2.75) is 32.5 Å². The van der Waals surface area contributed by atoms with Crippen LogP contribution in [0.25, 0.3) is 22.4 Å². The zero-order valence-corrected chi connectivity index (χ0v) is 16.4. The fraction of sp³-hybridized carbons (Fsp3) is 0.200. The van der Waals surface area contributed by atoms with Gasteiger partial charge < -0.3 is 4.98 Å². The van der Waals surface area contributed by atoms with Crippen LogP contribution in [0.15, 0.2) is 66.7 Å². The Kier molecular flexibility index (Phi) is 4.38. The van der Waals surface area contributed by atoms with Gasteiger partial charge in [0, 0.05) is 24.7 Å². The first kappa shape index (κ1) is 17.7. The number of hydrogen-bond donors (Lipinski definition) is 1. The highest BCUT2D eigenvalue weighted by Crippen LogP contribution is 2.27. The van der Waals surface area contributed by atoms with Crippen LogP contribution in [0.3, 0.4) is 0 Å². The van der Waals surface area contributed by atoms with Crippen LogP contribution in [-0.2, 0) is 19.5 Å². The van der Waals surface area contributed by atoms with E-state index in [9.17, 15) is 0 Å². The number of H-pyrrole nitrogens is 1. The minimum Gasteiger partial charge on any atom is -0.338 e. The van der Waals surface area contributed by atoms with Gasteiger partial charge in [-0.1, -0.05) is 36.4 Å². The minimum atomic E-state index is 0.436. The number of fused-ring (bicyclic) bond motifs is 2. The van der Waals surface area contributed by atoms with E-state index in [4.69, 9.17) is 10.2 Å². The molecule has 142 valence electrons. The Morgan fingerprint density at radius 2 is 1.97 bits per heavy atom. The largest absolute Gasteiger partial charge is 0.338 e. The van der Waals surface area contributed by atoms with Crippen LogP contribution < -0.4 is 0 Å². The zero-order valence-electron chi connectivity index (χ0n) is 16.4. The molecule has 1 aliphatic rings. The average molecular weight is 378 g/mol. The highest BCUT2D eigenvalue weighted by atomic mass is 15.2. The lowest BCUT2D eigenvalue weighted by atomic mass is 9.93. The molecule has 1 atom stereocenters. The lowest BCUT2D eigenvalue weighted by Gasteiger charge is -2.35. The van der Waals surface area contributed by atoms with Gasteiger partial charge in [-0.15, -0.1) is 0 Å². The van der Waals surface area contributed by atoms with Crippen LogP contribution in [-0.4, -0.2) is 20.9 Å². The summed E-state index contributed by atoms with van der Waals surface area (Å²) in [7, 11) is 0. The fourth-order valence-corrected chi connectivity index (χ4v) is 4.21. The van der Waals surface area contributed by atoms with E-state index in [1.165, 1.54) is 16.7 Å². The first-order chi connectivity index (χ1) is 14.2. The normalized spacial score (nSPS) is 16.5. The molecule has 0 aliphatic carbocycles. The van der Waals surface area contributed by atoms with Crippen molar-refractivity contribution >= 4 is 11.0 Å². The maximum atomic E-state index is 9.15. The van der Waals surface area contributed by atoms with Gasteiger partial charge in [0.05, 0.1) is 22.7 Å². The predicted molar refractivity (Wildman–Crippen MR) is 115 cm³/mol. The van der Waals surface area contributed by atoms with Gasteiger partial charge in [-0.05, 0) is 60.4 Å². The summed E-state index contributed by atoms with van der Waals surface area (Å²) >= 11 is 0. The summed E-state index contributed by atoms with van der Waals surface area (Å²) in [5, 5.41) is 9.15. The number of benzene rings is 3. The average Bonchev–Trinajstić information content (AvgIpc) is 3.18. The monoisotopic (exact) mass is 378 g/mol. The first-order valence-electron chi connectivity index (χ1n) is 9.99. The minimum absolute atomic E-state index is 0.436. The molecular weight excluding hydrogens is 356 g/mol. The summed E-state index contributed by atoms with van der Waals surface area (Å²) in [4.78, 5) is 10.7. The molecule has 0 radical (unpaired) electrons. The van der Waals surface area contributed by atoms with Crippen molar-refractivity contribution in [2.75, 3.05) is 0 Å². The van der Waals surface area contributed by atoms with E-state index in [1.807, 2.05) is 30.3 Å². The van der Waals surface area contributed by atoms with Crippen molar-refractivity contribution in [2.24, 2.45) is 0 Å². The molecule has 1 aliphatic heterocycles. The standard InChI is InChI=1S/C25H22N4/c1-17-11-22-12-18(14-26)9-10-21(22)16-29(17)15-19-5-4-6-20(13-19)25-27-23-7-2-3-8-24(23)28-25/h2-10,12-13,17H,11,15-16H2,1H3,(H,27,28). The van der Waals surface area contributed by atoms with Gasteiger partial charge in [-0.2, -0.15) is 5.26 Å². The Hall–Kier alpha value is -3.42. The van der Waals surface area contributed by atoms with Gasteiger partial charge in [0.25, 0.3) is 0 Å². The summed E-state index contributed by atoms with van der Waals surface area (Å²) in [5.41, 5.74) is 7.84. The molecule has 0 saturated heterocycles. The molecule has 5 rings (SSSR count). The Morgan fingerprint density at radius 1 is 1.07 bits per heavy atom. The molecular formula is C25H22N4. The molecule has 4 nitrogen and oxygen atoms in total. The number of imidazole rings is 1. The number of aromatic nitrogens is 2. The lowest BCUT2D eigenvalue weighted by molar-refractivity contribution is 0.175. The summed E-state index contributed by atoms with van der Waals surface area (Å²) in [6.07, 6.45) is 0.980. The molecule has 1 N–H and O–H groups in total. The van der Waals surface area contributed by atoms with Crippen LogP contribution in [0, 0.1) is 11.3 Å². The van der Waals surface area contributed by atoms with E-state index in [2.05, 4.69) is 59.3 Å². The van der Waals surface area contributed by atoms with Crippen LogP contribution in [0.2, 0.25) is 0 Å². The second kappa shape index (κ2) is 7.20. The topological polar surface area (TPSA) is 55.7 Å². The van der Waals surface area contributed by atoms with Gasteiger partial charge >= 0.3 is 0 Å². The zero-order chi connectivity index (χ0) is 19.8. The van der Waals surface area contributed by atoms with Crippen LogP contribution in [0.4, 0.5) is 0 Å². The van der Waals surface area contributed by atoms with Crippen LogP contribution >= 0.6 is 0 Å². The molecule has 4 heteroatoms. The third-order valence-electron chi connectivity index (χ3n) is 5.82. The van der Waals surface area contributed by atoms with Crippen molar-refractivity contribution < 1.29 is 0 Å². The van der Waals surface area contributed by atoms with E-state index in [-0.39, 0.29) is 0 Å². The highest BCUT2D eigenvalue weighted by molar-refractivity contribution is 5.79. The molecule has 1 unspecified atom stereocenters. The van der Waals surface area contributed by atoms with Crippen molar-refractivity contribution in [3.05, 3.63) is 89.0 Å². The molecule has 4 aromatic rings. The number of hydrogen-bond acceptors (Lipinski definition) is 3. The maximum absolute atomic E-state index is 9.15. The molecule has 0 fully saturated rings. The van der Waals surface area contributed by atoms with E-state index in [0.717, 1.165) is 47.5 Å². The van der Waals surface area contributed by atoms with Crippen LogP contribution in [0.1, 0.15) is 29.2 Å². The second-order valence-corrected chi connectivity index (χ2v) is 7.86. The molecule has 0 amide bonds. The number of nitriles is 1. The predicted octanol–water partition coefficient (Wildman–Crippen LogP) is 5.05. The van der Waals surface area contributed by atoms with Gasteiger partial charge in [0.1, 0.15) is 5.82 Å². The second-order valence-electron chi connectivity index (χ2n) is 7.86. The van der Waals surface area contributed by atoms with Gasteiger partial charge in [0.2, 0.25) is 0 Å². The van der Waals surface area contributed by atoms with Crippen molar-refractivity contribution in [3.8, 4) is 17.5 Å². The number of rotatable bonds is 3. The van der Waals surface area contributed by atoms with Gasteiger partial charge in [-0.3, -0.25) is 4.90 Å². The molecule has 1 aromatic heterocycles. The molecule has 0 bridgehead atoms. The lowest BCUT2D eigenvalue weighted by Crippen LogP contribution is -2.37. The molecule has 0 spiro atoms. The Balaban J connectivity index is 1.39. The van der Waals surface area contributed by atoms with E-state index in [1.54, 1.807) is 0 Å². The Labute approximate surface area is 170 Å². The molecule has 29 heavy (non-hydrogen) atoms. The van der Waals surface area contributed by atoms with E-state index < -0.39 is 0 Å². The number of nitrogens with zero attached hydrogens (tertiary/aromatic N) is 3. The number of nitrogens with one attached hydrogen (secondary N) is 1. The van der Waals surface area contributed by atoms with Crippen molar-refractivity contribution in [1.82, 2.24) is 14.9 Å². The number of para-hydroxylation sites is 2. The summed E-state index contributed by atoms with van der Waals surface area (Å²) in [6, 6.07) is 25.5. The molecule has 2 heterocycles. The van der Waals surface area contributed by atoms with Gasteiger partial charge in [0.15, 0.2) is 0 Å². The van der Waals surface area contributed by atoms with Crippen LogP contribution in [0.5, 0.6) is 0 Å². The Morgan fingerprint density at radius 3 is 2.83 bits per heavy atom. The molecule has 3 aromatic carbocycles. The Bertz CT molecular complexity index is 1200. The molecule has 0 saturated carbocycles. The van der Waals surface area contributed by atoms with E-state index in [0.29, 0.717) is 6.04 Å². The maximum Gasteiger partial charge on any atom is 0.138 e. The smallest absolute Gasteiger partial charge is 0.138 e. The van der Waals surface area contributed by atoms with Gasteiger partial charge in [-0.25, -0.2) is 4.98 Å².